The first-order valence-corrected chi connectivity index (χ1v) is 6.51. The van der Waals surface area contributed by atoms with E-state index in [1.165, 1.54) is 7.11 Å². The predicted octanol–water partition coefficient (Wildman–Crippen LogP) is 0.122. The van der Waals surface area contributed by atoms with Gasteiger partial charge in [-0.15, -0.1) is 0 Å². The molecule has 0 amide bonds. The van der Waals surface area contributed by atoms with Gasteiger partial charge in [-0.2, -0.15) is 0 Å². The summed E-state index contributed by atoms with van der Waals surface area (Å²) < 4.78 is 15.0. The zero-order valence-corrected chi connectivity index (χ0v) is 12.8. The Labute approximate surface area is 116 Å². The number of likely N-dealkylation sites (N-methyl/N-ethyl adjacent to an activating group) is 1. The predicted molar refractivity (Wildman–Crippen MR) is 74.3 cm³/mol. The topological polar surface area (TPSA) is 60.0 Å². The highest BCUT2D eigenvalue weighted by molar-refractivity contribution is 5.80. The molecule has 0 heterocycles. The van der Waals surface area contributed by atoms with E-state index in [1.807, 2.05) is 6.92 Å². The van der Waals surface area contributed by atoms with E-state index in [0.717, 1.165) is 19.5 Å². The summed E-state index contributed by atoms with van der Waals surface area (Å²) in [5, 5.41) is 3.04. The molecule has 0 aliphatic heterocycles. The van der Waals surface area contributed by atoms with Crippen molar-refractivity contribution in [2.24, 2.45) is 0 Å². The number of esters is 1. The van der Waals surface area contributed by atoms with Gasteiger partial charge in [0.15, 0.2) is 0 Å². The zero-order chi connectivity index (χ0) is 14.7. The molecule has 0 spiro atoms. The molecule has 0 aliphatic rings. The van der Waals surface area contributed by atoms with E-state index in [1.54, 1.807) is 21.3 Å². The summed E-state index contributed by atoms with van der Waals surface area (Å²) in [7, 11) is 6.53. The van der Waals surface area contributed by atoms with Crippen molar-refractivity contribution in [1.82, 2.24) is 10.2 Å². The SMILES string of the molecule is CNC(C)(CN(CCCOC)CCOC)C(=O)OC. The number of nitrogens with one attached hydrogen (secondary N) is 1. The first-order valence-electron chi connectivity index (χ1n) is 6.51. The first-order chi connectivity index (χ1) is 9.03. The van der Waals surface area contributed by atoms with Gasteiger partial charge in [0.1, 0.15) is 5.54 Å². The lowest BCUT2D eigenvalue weighted by Crippen LogP contribution is -2.56. The highest BCUT2D eigenvalue weighted by atomic mass is 16.5. The molecule has 6 heteroatoms. The maximum atomic E-state index is 11.8. The van der Waals surface area contributed by atoms with Gasteiger partial charge in [-0.1, -0.05) is 0 Å². The first kappa shape index (κ1) is 18.3. The van der Waals surface area contributed by atoms with E-state index in [4.69, 9.17) is 14.2 Å². The summed E-state index contributed by atoms with van der Waals surface area (Å²) in [5.74, 6) is -0.260. The quantitative estimate of drug-likeness (QED) is 0.427. The van der Waals surface area contributed by atoms with Gasteiger partial charge in [-0.25, -0.2) is 0 Å². The van der Waals surface area contributed by atoms with Crippen LogP contribution in [-0.4, -0.2) is 77.6 Å². The molecule has 6 nitrogen and oxygen atoms in total. The Bertz CT molecular complexity index is 251. The van der Waals surface area contributed by atoms with Gasteiger partial charge in [0.2, 0.25) is 0 Å². The number of rotatable bonds is 11. The molecule has 0 saturated carbocycles. The Morgan fingerprint density at radius 1 is 1.16 bits per heavy atom. The minimum Gasteiger partial charge on any atom is -0.468 e. The summed E-state index contributed by atoms with van der Waals surface area (Å²) >= 11 is 0. The summed E-state index contributed by atoms with van der Waals surface area (Å²) in [6.45, 7) is 5.38. The Hall–Kier alpha value is -0.690. The van der Waals surface area contributed by atoms with Crippen molar-refractivity contribution in [3.05, 3.63) is 0 Å². The molecule has 0 aromatic rings. The van der Waals surface area contributed by atoms with Crippen molar-refractivity contribution < 1.29 is 19.0 Å². The van der Waals surface area contributed by atoms with Crippen molar-refractivity contribution in [2.45, 2.75) is 18.9 Å². The van der Waals surface area contributed by atoms with Crippen LogP contribution in [0.25, 0.3) is 0 Å². The number of nitrogens with zero attached hydrogens (tertiary/aromatic N) is 1. The number of methoxy groups -OCH3 is 3. The van der Waals surface area contributed by atoms with Crippen molar-refractivity contribution in [3.63, 3.8) is 0 Å². The zero-order valence-electron chi connectivity index (χ0n) is 12.8. The van der Waals surface area contributed by atoms with E-state index in [-0.39, 0.29) is 5.97 Å². The van der Waals surface area contributed by atoms with Crippen LogP contribution in [0.1, 0.15) is 13.3 Å². The third kappa shape index (κ3) is 6.87. The van der Waals surface area contributed by atoms with Crippen LogP contribution in [-0.2, 0) is 19.0 Å². The van der Waals surface area contributed by atoms with Gasteiger partial charge in [-0.05, 0) is 20.4 Å². The Balaban J connectivity index is 4.51. The second-order valence-corrected chi connectivity index (χ2v) is 4.69. The number of carbonyl (C=O) groups is 1. The van der Waals surface area contributed by atoms with Crippen molar-refractivity contribution in [2.75, 3.05) is 61.2 Å². The second kappa shape index (κ2) is 10.1. The molecule has 0 rings (SSSR count). The smallest absolute Gasteiger partial charge is 0.327 e. The van der Waals surface area contributed by atoms with E-state index in [9.17, 15) is 4.79 Å². The average molecular weight is 276 g/mol. The fourth-order valence-electron chi connectivity index (χ4n) is 1.84. The fourth-order valence-corrected chi connectivity index (χ4v) is 1.84. The molecule has 0 fully saturated rings. The summed E-state index contributed by atoms with van der Waals surface area (Å²) in [5.41, 5.74) is -0.713. The number of carbonyl (C=O) groups excluding carboxylic acids is 1. The molecule has 0 radical (unpaired) electrons. The molecular weight excluding hydrogens is 248 g/mol. The van der Waals surface area contributed by atoms with E-state index >= 15 is 0 Å². The molecule has 0 aromatic heterocycles. The van der Waals surface area contributed by atoms with E-state index in [0.29, 0.717) is 19.8 Å². The summed E-state index contributed by atoms with van der Waals surface area (Å²) in [4.78, 5) is 14.0. The fraction of sp³-hybridized carbons (Fsp3) is 0.923. The minimum atomic E-state index is -0.713. The second-order valence-electron chi connectivity index (χ2n) is 4.69. The van der Waals surface area contributed by atoms with Crippen molar-refractivity contribution in [1.29, 1.82) is 0 Å². The van der Waals surface area contributed by atoms with Crippen LogP contribution in [0.4, 0.5) is 0 Å². The van der Waals surface area contributed by atoms with Gasteiger partial charge in [0.25, 0.3) is 0 Å². The standard InChI is InChI=1S/C13H28N2O4/c1-13(14-2,12(16)19-5)11-15(8-10-18-4)7-6-9-17-3/h14H,6-11H2,1-5H3. The number of ether oxygens (including phenoxy) is 3. The van der Waals surface area contributed by atoms with E-state index in [2.05, 4.69) is 10.2 Å². The molecule has 19 heavy (non-hydrogen) atoms. The Morgan fingerprint density at radius 3 is 2.26 bits per heavy atom. The third-order valence-corrected chi connectivity index (χ3v) is 3.16. The van der Waals surface area contributed by atoms with Crippen LogP contribution in [0.2, 0.25) is 0 Å². The highest BCUT2D eigenvalue weighted by Crippen LogP contribution is 2.09. The molecule has 0 aromatic carbocycles. The average Bonchev–Trinajstić information content (AvgIpc) is 2.43. The molecule has 0 saturated heterocycles. The van der Waals surface area contributed by atoms with Crippen LogP contribution in [0, 0.1) is 0 Å². The van der Waals surface area contributed by atoms with Crippen LogP contribution < -0.4 is 5.32 Å². The lowest BCUT2D eigenvalue weighted by Gasteiger charge is -2.33. The third-order valence-electron chi connectivity index (χ3n) is 3.16. The lowest BCUT2D eigenvalue weighted by molar-refractivity contribution is -0.148. The van der Waals surface area contributed by atoms with Gasteiger partial charge >= 0.3 is 5.97 Å². The Morgan fingerprint density at radius 2 is 1.79 bits per heavy atom. The molecule has 0 aliphatic carbocycles. The van der Waals surface area contributed by atoms with Gasteiger partial charge in [-0.3, -0.25) is 9.69 Å². The van der Waals surface area contributed by atoms with Gasteiger partial charge in [0.05, 0.1) is 13.7 Å². The minimum absolute atomic E-state index is 0.260. The largest absolute Gasteiger partial charge is 0.468 e. The summed E-state index contributed by atoms with van der Waals surface area (Å²) in [6, 6.07) is 0. The number of hydrogen-bond donors (Lipinski definition) is 1. The summed E-state index contributed by atoms with van der Waals surface area (Å²) in [6.07, 6.45) is 0.918. The maximum Gasteiger partial charge on any atom is 0.327 e. The van der Waals surface area contributed by atoms with Crippen LogP contribution >= 0.6 is 0 Å². The Kier molecular flexibility index (Phi) is 9.77. The molecular formula is C13H28N2O4. The normalized spacial score (nSPS) is 14.4. The highest BCUT2D eigenvalue weighted by Gasteiger charge is 2.34. The van der Waals surface area contributed by atoms with E-state index < -0.39 is 5.54 Å². The van der Waals surface area contributed by atoms with Crippen LogP contribution in [0.3, 0.4) is 0 Å². The molecule has 0 bridgehead atoms. The molecule has 1 N–H and O–H groups in total. The lowest BCUT2D eigenvalue weighted by atomic mass is 10.0. The van der Waals surface area contributed by atoms with Crippen molar-refractivity contribution >= 4 is 5.97 Å². The molecule has 1 atom stereocenters. The van der Waals surface area contributed by atoms with Gasteiger partial charge < -0.3 is 19.5 Å². The van der Waals surface area contributed by atoms with Crippen molar-refractivity contribution in [3.8, 4) is 0 Å². The number of hydrogen-bond acceptors (Lipinski definition) is 6. The van der Waals surface area contributed by atoms with Crippen LogP contribution in [0.5, 0.6) is 0 Å². The molecule has 114 valence electrons. The van der Waals surface area contributed by atoms with Crippen LogP contribution in [0.15, 0.2) is 0 Å². The monoisotopic (exact) mass is 276 g/mol. The van der Waals surface area contributed by atoms with Gasteiger partial charge in [0, 0.05) is 40.5 Å². The maximum absolute atomic E-state index is 11.8. The molecule has 1 unspecified atom stereocenters.